The molecule has 2 rings (SSSR count). The number of hydrogen-bond donors (Lipinski definition) is 1. The molecule has 0 spiro atoms. The molecule has 1 amide bonds. The van der Waals surface area contributed by atoms with Crippen LogP contribution in [0, 0.1) is 5.92 Å². The molecule has 28 heavy (non-hydrogen) atoms. The summed E-state index contributed by atoms with van der Waals surface area (Å²) in [7, 11) is 1.29. The zero-order valence-electron chi connectivity index (χ0n) is 16.3. The third-order valence-corrected chi connectivity index (χ3v) is 4.54. The molecule has 0 aliphatic heterocycles. The summed E-state index contributed by atoms with van der Waals surface area (Å²) in [5.74, 6) is -1.76. The lowest BCUT2D eigenvalue weighted by Gasteiger charge is -2.21. The first-order chi connectivity index (χ1) is 13.5. The zero-order chi connectivity index (χ0) is 20.5. The highest BCUT2D eigenvalue weighted by Gasteiger charge is 2.27. The van der Waals surface area contributed by atoms with Crippen molar-refractivity contribution in [2.45, 2.75) is 26.2 Å². The zero-order valence-corrected chi connectivity index (χ0v) is 16.3. The lowest BCUT2D eigenvalue weighted by atomic mass is 9.86. The minimum absolute atomic E-state index is 0.0784. The molecule has 6 nitrogen and oxygen atoms in total. The summed E-state index contributed by atoms with van der Waals surface area (Å²) >= 11 is 0. The topological polar surface area (TPSA) is 81.7 Å². The number of methoxy groups -OCH3 is 1. The van der Waals surface area contributed by atoms with Crippen molar-refractivity contribution >= 4 is 23.5 Å². The quantitative estimate of drug-likeness (QED) is 0.702. The third kappa shape index (κ3) is 5.67. The average molecular weight is 383 g/mol. The number of rotatable bonds is 8. The number of ether oxygens (including phenoxy) is 2. The van der Waals surface area contributed by atoms with Gasteiger partial charge in [-0.25, -0.2) is 4.79 Å². The van der Waals surface area contributed by atoms with Crippen LogP contribution in [0.3, 0.4) is 0 Å². The second-order valence-corrected chi connectivity index (χ2v) is 6.50. The van der Waals surface area contributed by atoms with E-state index in [0.717, 1.165) is 12.0 Å². The van der Waals surface area contributed by atoms with Crippen LogP contribution in [0.2, 0.25) is 0 Å². The summed E-state index contributed by atoms with van der Waals surface area (Å²) in [5.41, 5.74) is 1.61. The van der Waals surface area contributed by atoms with Gasteiger partial charge in [0.2, 0.25) is 0 Å². The van der Waals surface area contributed by atoms with Crippen molar-refractivity contribution in [1.29, 1.82) is 0 Å². The van der Waals surface area contributed by atoms with E-state index in [-0.39, 0.29) is 5.92 Å². The molecule has 2 atom stereocenters. The molecule has 0 radical (unpaired) electrons. The van der Waals surface area contributed by atoms with Crippen LogP contribution in [0.4, 0.5) is 5.69 Å². The Bertz CT molecular complexity index is 819. The van der Waals surface area contributed by atoms with Crippen LogP contribution < -0.4 is 5.32 Å². The second-order valence-electron chi connectivity index (χ2n) is 6.50. The Balaban J connectivity index is 1.99. The maximum atomic E-state index is 12.6. The summed E-state index contributed by atoms with van der Waals surface area (Å²) in [4.78, 5) is 36.3. The third-order valence-electron chi connectivity index (χ3n) is 4.54. The molecule has 0 saturated heterocycles. The van der Waals surface area contributed by atoms with E-state index < -0.39 is 30.4 Å². The summed E-state index contributed by atoms with van der Waals surface area (Å²) in [6.07, 6.45) is 0.807. The number of benzene rings is 2. The van der Waals surface area contributed by atoms with Crippen LogP contribution >= 0.6 is 0 Å². The molecule has 0 saturated carbocycles. The van der Waals surface area contributed by atoms with Gasteiger partial charge in [0, 0.05) is 5.69 Å². The van der Waals surface area contributed by atoms with Gasteiger partial charge in [0.25, 0.3) is 5.91 Å². The van der Waals surface area contributed by atoms with Crippen LogP contribution in [-0.4, -0.2) is 31.6 Å². The minimum Gasteiger partial charge on any atom is -0.465 e. The van der Waals surface area contributed by atoms with Gasteiger partial charge in [-0.2, -0.15) is 0 Å². The molecule has 1 N–H and O–H groups in total. The Hall–Kier alpha value is -3.15. The number of anilines is 1. The monoisotopic (exact) mass is 383 g/mol. The Labute approximate surface area is 164 Å². The van der Waals surface area contributed by atoms with E-state index in [0.29, 0.717) is 11.3 Å². The van der Waals surface area contributed by atoms with Crippen molar-refractivity contribution < 1.29 is 23.9 Å². The average Bonchev–Trinajstić information content (AvgIpc) is 2.72. The van der Waals surface area contributed by atoms with E-state index in [1.807, 2.05) is 44.2 Å². The molecule has 0 aliphatic rings. The van der Waals surface area contributed by atoms with Gasteiger partial charge in [-0.3, -0.25) is 9.59 Å². The highest BCUT2D eigenvalue weighted by Crippen LogP contribution is 2.28. The fraction of sp³-hybridized carbons (Fsp3) is 0.318. The van der Waals surface area contributed by atoms with Gasteiger partial charge in [-0.15, -0.1) is 0 Å². The van der Waals surface area contributed by atoms with Crippen molar-refractivity contribution in [3.8, 4) is 0 Å². The summed E-state index contributed by atoms with van der Waals surface area (Å²) in [6.45, 7) is 3.59. The van der Waals surface area contributed by atoms with Crippen LogP contribution in [0.15, 0.2) is 54.6 Å². The second kappa shape index (κ2) is 10.3. The standard InChI is InChI=1S/C22H25NO5/c1-4-15(2)20(16-9-6-5-7-10-16)22(26)28-14-19(24)23-18-12-8-11-17(13-18)21(25)27-3/h5-13,15,20H,4,14H2,1-3H3,(H,23,24). The molecule has 2 unspecified atom stereocenters. The highest BCUT2D eigenvalue weighted by atomic mass is 16.5. The molecule has 0 bridgehead atoms. The number of esters is 2. The van der Waals surface area contributed by atoms with E-state index in [1.165, 1.54) is 13.2 Å². The first-order valence-electron chi connectivity index (χ1n) is 9.16. The first-order valence-corrected chi connectivity index (χ1v) is 9.16. The largest absolute Gasteiger partial charge is 0.465 e. The Kier molecular flexibility index (Phi) is 7.75. The number of carbonyl (C=O) groups excluding carboxylic acids is 3. The molecule has 0 aliphatic carbocycles. The van der Waals surface area contributed by atoms with E-state index >= 15 is 0 Å². The van der Waals surface area contributed by atoms with E-state index in [9.17, 15) is 14.4 Å². The maximum Gasteiger partial charge on any atom is 0.337 e. The molecule has 2 aromatic carbocycles. The molecule has 0 heterocycles. The number of nitrogens with one attached hydrogen (secondary N) is 1. The Morgan fingerprint density at radius 1 is 1.04 bits per heavy atom. The predicted octanol–water partition coefficient (Wildman–Crippen LogP) is 3.78. The summed E-state index contributed by atoms with van der Waals surface area (Å²) in [6, 6.07) is 15.7. The molecule has 2 aromatic rings. The SMILES string of the molecule is CCC(C)C(C(=O)OCC(=O)Nc1cccc(C(=O)OC)c1)c1ccccc1. The molecular weight excluding hydrogens is 358 g/mol. The van der Waals surface area contributed by atoms with Crippen LogP contribution in [0.5, 0.6) is 0 Å². The molecular formula is C22H25NO5. The lowest BCUT2D eigenvalue weighted by molar-refractivity contribution is -0.150. The van der Waals surface area contributed by atoms with E-state index in [2.05, 4.69) is 10.1 Å². The van der Waals surface area contributed by atoms with Crippen molar-refractivity contribution in [3.63, 3.8) is 0 Å². The predicted molar refractivity (Wildman–Crippen MR) is 106 cm³/mol. The van der Waals surface area contributed by atoms with Gasteiger partial charge >= 0.3 is 11.9 Å². The smallest absolute Gasteiger partial charge is 0.337 e. The number of amides is 1. The fourth-order valence-corrected chi connectivity index (χ4v) is 2.86. The van der Waals surface area contributed by atoms with E-state index in [1.54, 1.807) is 18.2 Å². The van der Waals surface area contributed by atoms with Gasteiger partial charge in [-0.1, -0.05) is 56.7 Å². The number of hydrogen-bond acceptors (Lipinski definition) is 5. The van der Waals surface area contributed by atoms with Gasteiger partial charge in [0.05, 0.1) is 18.6 Å². The maximum absolute atomic E-state index is 12.6. The van der Waals surface area contributed by atoms with Crippen molar-refractivity contribution in [2.24, 2.45) is 5.92 Å². The normalized spacial score (nSPS) is 12.5. The van der Waals surface area contributed by atoms with Crippen LogP contribution in [-0.2, 0) is 19.1 Å². The van der Waals surface area contributed by atoms with Crippen LogP contribution in [0.25, 0.3) is 0 Å². The van der Waals surface area contributed by atoms with Gasteiger partial charge < -0.3 is 14.8 Å². The summed E-state index contributed by atoms with van der Waals surface area (Å²) in [5, 5.41) is 2.61. The highest BCUT2D eigenvalue weighted by molar-refractivity contribution is 5.95. The Morgan fingerprint density at radius 3 is 2.39 bits per heavy atom. The van der Waals surface area contributed by atoms with Gasteiger partial charge in [-0.05, 0) is 29.7 Å². The van der Waals surface area contributed by atoms with Crippen molar-refractivity contribution in [3.05, 3.63) is 65.7 Å². The molecule has 6 heteroatoms. The Morgan fingerprint density at radius 2 is 1.75 bits per heavy atom. The van der Waals surface area contributed by atoms with E-state index in [4.69, 9.17) is 4.74 Å². The first kappa shape index (κ1) is 21.2. The molecule has 0 aromatic heterocycles. The van der Waals surface area contributed by atoms with Crippen LogP contribution in [0.1, 0.15) is 42.1 Å². The van der Waals surface area contributed by atoms with Crippen molar-refractivity contribution in [1.82, 2.24) is 0 Å². The van der Waals surface area contributed by atoms with Crippen molar-refractivity contribution in [2.75, 3.05) is 19.0 Å². The van der Waals surface area contributed by atoms with Gasteiger partial charge in [0.1, 0.15) is 0 Å². The van der Waals surface area contributed by atoms with Gasteiger partial charge in [0.15, 0.2) is 6.61 Å². The fourth-order valence-electron chi connectivity index (χ4n) is 2.86. The number of carbonyl (C=O) groups is 3. The molecule has 148 valence electrons. The summed E-state index contributed by atoms with van der Waals surface area (Å²) < 4.78 is 9.93. The molecule has 0 fully saturated rings. The lowest BCUT2D eigenvalue weighted by Crippen LogP contribution is -2.27. The minimum atomic E-state index is -0.498.